The summed E-state index contributed by atoms with van der Waals surface area (Å²) in [6.45, 7) is 1.75. The van der Waals surface area contributed by atoms with Crippen molar-refractivity contribution < 1.29 is 43.7 Å². The number of rotatable bonds is 7. The second-order valence-corrected chi connectivity index (χ2v) is 11.4. The fourth-order valence-corrected chi connectivity index (χ4v) is 7.52. The van der Waals surface area contributed by atoms with E-state index in [1.54, 1.807) is 19.1 Å². The molecule has 3 fully saturated rings. The highest BCUT2D eigenvalue weighted by Gasteiger charge is 2.70. The number of fused-ring (bicyclic) bond motifs is 3. The van der Waals surface area contributed by atoms with Gasteiger partial charge >= 0.3 is 0 Å². The van der Waals surface area contributed by atoms with E-state index in [1.165, 1.54) is 6.07 Å². The van der Waals surface area contributed by atoms with Crippen LogP contribution in [0.2, 0.25) is 0 Å². The van der Waals surface area contributed by atoms with E-state index in [4.69, 9.17) is 10.5 Å². The number of primary amides is 1. The number of aliphatic hydroxyl groups is 1. The van der Waals surface area contributed by atoms with Crippen LogP contribution < -0.4 is 5.73 Å². The molecule has 0 spiro atoms. The smallest absolute Gasteiger partial charge is 0.235 e. The quantitative estimate of drug-likeness (QED) is 0.432. The van der Waals surface area contributed by atoms with Gasteiger partial charge in [0.1, 0.15) is 11.5 Å². The van der Waals surface area contributed by atoms with Crippen molar-refractivity contribution in [1.29, 1.82) is 0 Å². The molecule has 39 heavy (non-hydrogen) atoms. The zero-order chi connectivity index (χ0) is 28.2. The van der Waals surface area contributed by atoms with Crippen LogP contribution in [0.4, 0.5) is 0 Å². The lowest BCUT2D eigenvalue weighted by atomic mass is 9.47. The summed E-state index contributed by atoms with van der Waals surface area (Å²) in [6.07, 6.45) is 3.20. The Labute approximate surface area is 225 Å². The van der Waals surface area contributed by atoms with Gasteiger partial charge in [-0.1, -0.05) is 31.9 Å². The molecule has 208 valence electrons. The Kier molecular flexibility index (Phi) is 7.05. The van der Waals surface area contributed by atoms with Gasteiger partial charge in [0.2, 0.25) is 5.91 Å². The van der Waals surface area contributed by atoms with Gasteiger partial charge in [-0.2, -0.15) is 0 Å². The lowest BCUT2D eigenvalue weighted by molar-refractivity contribution is -0.184. The third kappa shape index (κ3) is 4.15. The van der Waals surface area contributed by atoms with Crippen LogP contribution >= 0.6 is 0 Å². The number of nitrogens with two attached hydrogens (primary N) is 1. The van der Waals surface area contributed by atoms with E-state index in [-0.39, 0.29) is 42.6 Å². The molecule has 5 rings (SSSR count). The lowest BCUT2D eigenvalue weighted by Gasteiger charge is -2.55. The summed E-state index contributed by atoms with van der Waals surface area (Å²) in [7, 11) is 0. The first-order valence-corrected chi connectivity index (χ1v) is 13.6. The first-order chi connectivity index (χ1) is 18.5. The molecule has 4 N–H and O–H groups in total. The molecular formula is C29H33NO9. The highest BCUT2D eigenvalue weighted by atomic mass is 16.5. The Morgan fingerprint density at radius 1 is 1.10 bits per heavy atom. The number of phenols is 1. The van der Waals surface area contributed by atoms with Crippen molar-refractivity contribution in [2.75, 3.05) is 6.61 Å². The third-order valence-corrected chi connectivity index (χ3v) is 9.40. The number of aromatic hydroxyl groups is 1. The molecule has 2 unspecified atom stereocenters. The number of carbonyl (C=O) groups is 6. The van der Waals surface area contributed by atoms with Crippen LogP contribution in [0, 0.1) is 29.6 Å². The predicted molar refractivity (Wildman–Crippen MR) is 135 cm³/mol. The van der Waals surface area contributed by atoms with E-state index < -0.39 is 76.6 Å². The monoisotopic (exact) mass is 539 g/mol. The van der Waals surface area contributed by atoms with Crippen molar-refractivity contribution >= 4 is 34.8 Å². The normalized spacial score (nSPS) is 34.4. The molecule has 0 aliphatic heterocycles. The lowest BCUT2D eigenvalue weighted by Crippen LogP contribution is -2.71. The van der Waals surface area contributed by atoms with Gasteiger partial charge in [-0.05, 0) is 36.3 Å². The van der Waals surface area contributed by atoms with Crippen LogP contribution in [0.3, 0.4) is 0 Å². The average Bonchev–Trinajstić information content (AvgIpc) is 3.41. The highest BCUT2D eigenvalue weighted by Crippen LogP contribution is 2.57. The number of phenolic OH excluding ortho intramolecular Hbond substituents is 1. The first kappa shape index (κ1) is 27.3. The number of carbonyl (C=O) groups excluding carboxylic acids is 6. The SMILES string of the molecule is CCC(=O)C[C@H]1[C@H]2C(C(=O)c3c(O)cccc3[C@@H]2COC2CCCC2)C(=O)[C@]2(O)C(=O)C(C(N)=O)C(=O)C[C@H]12. The first-order valence-electron chi connectivity index (χ1n) is 13.6. The third-order valence-electron chi connectivity index (χ3n) is 9.40. The molecule has 7 atom stereocenters. The molecule has 0 aromatic heterocycles. The number of amides is 1. The number of hydrogen-bond donors (Lipinski definition) is 3. The fraction of sp³-hybridized carbons (Fsp3) is 0.586. The van der Waals surface area contributed by atoms with E-state index in [0.717, 1.165) is 25.7 Å². The van der Waals surface area contributed by atoms with E-state index in [2.05, 4.69) is 0 Å². The molecule has 1 aromatic rings. The van der Waals surface area contributed by atoms with Crippen molar-refractivity contribution in [3.63, 3.8) is 0 Å². The van der Waals surface area contributed by atoms with Gasteiger partial charge < -0.3 is 20.7 Å². The van der Waals surface area contributed by atoms with Gasteiger partial charge in [0.05, 0.1) is 24.2 Å². The Balaban J connectivity index is 1.68. The molecule has 10 nitrogen and oxygen atoms in total. The largest absolute Gasteiger partial charge is 0.507 e. The second-order valence-electron chi connectivity index (χ2n) is 11.4. The van der Waals surface area contributed by atoms with Crippen LogP contribution in [-0.4, -0.2) is 63.3 Å². The van der Waals surface area contributed by atoms with Gasteiger partial charge in [-0.25, -0.2) is 0 Å². The molecule has 0 saturated heterocycles. The van der Waals surface area contributed by atoms with E-state index >= 15 is 0 Å². The van der Waals surface area contributed by atoms with Crippen LogP contribution in [0.1, 0.15) is 73.7 Å². The molecule has 0 radical (unpaired) electrons. The summed E-state index contributed by atoms with van der Waals surface area (Å²) in [5.74, 6) is -13.2. The molecule has 4 aliphatic carbocycles. The summed E-state index contributed by atoms with van der Waals surface area (Å²) >= 11 is 0. The number of Topliss-reactive ketones (excluding diaryl/α,β-unsaturated/α-hetero) is 5. The van der Waals surface area contributed by atoms with Gasteiger partial charge in [-0.3, -0.25) is 28.8 Å². The molecule has 0 heterocycles. The Hall–Kier alpha value is -3.24. The van der Waals surface area contributed by atoms with Crippen molar-refractivity contribution in [1.82, 2.24) is 0 Å². The number of hydrogen-bond acceptors (Lipinski definition) is 9. The van der Waals surface area contributed by atoms with Gasteiger partial charge in [-0.15, -0.1) is 0 Å². The molecule has 10 heteroatoms. The maximum Gasteiger partial charge on any atom is 0.235 e. The van der Waals surface area contributed by atoms with Crippen molar-refractivity contribution in [3.05, 3.63) is 29.3 Å². The molecular weight excluding hydrogens is 506 g/mol. The van der Waals surface area contributed by atoms with Crippen molar-refractivity contribution in [2.24, 2.45) is 35.3 Å². The molecule has 1 amide bonds. The number of benzene rings is 1. The standard InChI is InChI=1S/C29H33NO9/c1-2-13(31)10-16-18-11-20(33)23(28(30)37)26(35)29(18,38)27(36)24-21(16)17(12-39-14-6-3-4-7-14)15-8-5-9-19(32)22(15)25(24)34/h5,8-9,14,16-18,21,23-24,32,38H,2-4,6-7,10-12H2,1H3,(H2,30,37)/t16-,17+,18-,21-,23?,24?,29-/m1/s1. The van der Waals surface area contributed by atoms with Crippen LogP contribution in [0.25, 0.3) is 0 Å². The Bertz CT molecular complexity index is 1270. The summed E-state index contributed by atoms with van der Waals surface area (Å²) in [4.78, 5) is 79.2. The maximum absolute atomic E-state index is 14.1. The zero-order valence-electron chi connectivity index (χ0n) is 21.8. The second kappa shape index (κ2) is 10.1. The Morgan fingerprint density at radius 2 is 1.79 bits per heavy atom. The predicted octanol–water partition coefficient (Wildman–Crippen LogP) is 1.42. The maximum atomic E-state index is 14.1. The van der Waals surface area contributed by atoms with Crippen LogP contribution in [-0.2, 0) is 28.7 Å². The van der Waals surface area contributed by atoms with Gasteiger partial charge in [0.25, 0.3) is 0 Å². The van der Waals surface area contributed by atoms with E-state index in [0.29, 0.717) is 5.56 Å². The summed E-state index contributed by atoms with van der Waals surface area (Å²) in [5, 5.41) is 22.5. The molecule has 1 aromatic carbocycles. The summed E-state index contributed by atoms with van der Waals surface area (Å²) in [5.41, 5.74) is 2.84. The highest BCUT2D eigenvalue weighted by molar-refractivity contribution is 6.31. The van der Waals surface area contributed by atoms with E-state index in [9.17, 15) is 39.0 Å². The van der Waals surface area contributed by atoms with Crippen molar-refractivity contribution in [2.45, 2.75) is 69.5 Å². The minimum absolute atomic E-state index is 0.0112. The Morgan fingerprint density at radius 3 is 2.44 bits per heavy atom. The topological polar surface area (TPSA) is 178 Å². The zero-order valence-corrected chi connectivity index (χ0v) is 21.8. The summed E-state index contributed by atoms with van der Waals surface area (Å²) in [6, 6.07) is 4.58. The van der Waals surface area contributed by atoms with Crippen LogP contribution in [0.15, 0.2) is 18.2 Å². The number of ether oxygens (including phenoxy) is 1. The minimum Gasteiger partial charge on any atom is -0.507 e. The summed E-state index contributed by atoms with van der Waals surface area (Å²) < 4.78 is 6.24. The molecule has 4 aliphatic rings. The minimum atomic E-state index is -2.85. The number of ketones is 5. The van der Waals surface area contributed by atoms with Gasteiger partial charge in [0, 0.05) is 31.1 Å². The average molecular weight is 540 g/mol. The van der Waals surface area contributed by atoms with Crippen molar-refractivity contribution in [3.8, 4) is 5.75 Å². The van der Waals surface area contributed by atoms with Gasteiger partial charge in [0.15, 0.2) is 34.7 Å². The van der Waals surface area contributed by atoms with Crippen LogP contribution in [0.5, 0.6) is 5.75 Å². The molecule has 3 saturated carbocycles. The van der Waals surface area contributed by atoms with E-state index in [1.807, 2.05) is 0 Å². The molecule has 0 bridgehead atoms. The fourth-order valence-electron chi connectivity index (χ4n) is 7.52.